The van der Waals surface area contributed by atoms with Crippen LogP contribution in [-0.4, -0.2) is 41.1 Å². The Morgan fingerprint density at radius 3 is 2.65 bits per heavy atom. The summed E-state index contributed by atoms with van der Waals surface area (Å²) in [7, 11) is 0. The quantitative estimate of drug-likeness (QED) is 0.890. The average molecular weight is 350 g/mol. The van der Waals surface area contributed by atoms with Crippen LogP contribution in [0.15, 0.2) is 48.8 Å². The van der Waals surface area contributed by atoms with Crippen molar-refractivity contribution in [3.63, 3.8) is 0 Å². The highest BCUT2D eigenvalue weighted by Gasteiger charge is 2.42. The summed E-state index contributed by atoms with van der Waals surface area (Å²) >= 11 is 0. The zero-order valence-corrected chi connectivity index (χ0v) is 15.2. The van der Waals surface area contributed by atoms with E-state index in [2.05, 4.69) is 26.6 Å². The van der Waals surface area contributed by atoms with Crippen LogP contribution >= 0.6 is 0 Å². The summed E-state index contributed by atoms with van der Waals surface area (Å²) in [5.41, 5.74) is 3.25. The Labute approximate surface area is 154 Å². The zero-order valence-electron chi connectivity index (χ0n) is 15.2. The number of urea groups is 1. The van der Waals surface area contributed by atoms with Crippen LogP contribution in [0.2, 0.25) is 0 Å². The number of benzene rings is 1. The number of aromatic nitrogens is 1. The highest BCUT2D eigenvalue weighted by Crippen LogP contribution is 2.34. The molecule has 0 spiro atoms. The van der Waals surface area contributed by atoms with Crippen molar-refractivity contribution in [1.82, 2.24) is 15.2 Å². The van der Waals surface area contributed by atoms with Crippen LogP contribution in [-0.2, 0) is 6.42 Å². The molecule has 3 saturated heterocycles. The van der Waals surface area contributed by atoms with Gasteiger partial charge in [-0.05, 0) is 69.0 Å². The summed E-state index contributed by atoms with van der Waals surface area (Å²) < 4.78 is 0. The van der Waals surface area contributed by atoms with E-state index in [0.29, 0.717) is 12.0 Å². The van der Waals surface area contributed by atoms with Crippen LogP contribution in [0.3, 0.4) is 0 Å². The molecule has 1 aromatic heterocycles. The fraction of sp³-hybridized carbons (Fsp3) is 0.429. The van der Waals surface area contributed by atoms with E-state index in [1.54, 1.807) is 0 Å². The van der Waals surface area contributed by atoms with Gasteiger partial charge in [0.25, 0.3) is 0 Å². The topological polar surface area (TPSA) is 57.3 Å². The smallest absolute Gasteiger partial charge is 0.319 e. The van der Waals surface area contributed by atoms with E-state index < -0.39 is 0 Å². The van der Waals surface area contributed by atoms with E-state index in [-0.39, 0.29) is 12.1 Å². The van der Waals surface area contributed by atoms with Gasteiger partial charge in [-0.15, -0.1) is 0 Å². The summed E-state index contributed by atoms with van der Waals surface area (Å²) in [5.74, 6) is 0.561. The molecule has 3 aliphatic heterocycles. The zero-order chi connectivity index (χ0) is 17.9. The standard InChI is InChI=1S/C21H26N4O/c1-15-4-6-18(7-5-15)23-21(26)24-20-17-8-11-25(12-9-17)19(20)13-16-3-2-10-22-14-16/h2-7,10,14,17,19-20H,8-9,11-13H2,1H3,(H2,23,24,26)/t19-,20-/m0/s1. The van der Waals surface area contributed by atoms with Crippen LogP contribution in [0, 0.1) is 12.8 Å². The van der Waals surface area contributed by atoms with Gasteiger partial charge < -0.3 is 10.6 Å². The van der Waals surface area contributed by atoms with E-state index in [4.69, 9.17) is 0 Å². The minimum atomic E-state index is -0.108. The molecule has 0 radical (unpaired) electrons. The van der Waals surface area contributed by atoms with Gasteiger partial charge in [0.2, 0.25) is 0 Å². The Kier molecular flexibility index (Phi) is 4.89. The number of nitrogens with one attached hydrogen (secondary N) is 2. The molecule has 2 amide bonds. The Morgan fingerprint density at radius 2 is 1.96 bits per heavy atom. The van der Waals surface area contributed by atoms with Gasteiger partial charge in [-0.3, -0.25) is 9.88 Å². The van der Waals surface area contributed by atoms with Crippen LogP contribution in [0.25, 0.3) is 0 Å². The van der Waals surface area contributed by atoms with Gasteiger partial charge in [-0.1, -0.05) is 23.8 Å². The van der Waals surface area contributed by atoms with Crippen molar-refractivity contribution in [3.05, 3.63) is 59.9 Å². The number of anilines is 1. The number of pyridine rings is 1. The number of rotatable bonds is 4. The number of carbonyl (C=O) groups excluding carboxylic acids is 1. The minimum Gasteiger partial charge on any atom is -0.333 e. The Bertz CT molecular complexity index is 738. The van der Waals surface area contributed by atoms with E-state index >= 15 is 0 Å². The number of nitrogens with zero attached hydrogens (tertiary/aromatic N) is 2. The molecule has 26 heavy (non-hydrogen) atoms. The molecule has 5 rings (SSSR count). The first kappa shape index (κ1) is 17.0. The molecule has 4 heterocycles. The van der Waals surface area contributed by atoms with Crippen molar-refractivity contribution in [2.24, 2.45) is 5.92 Å². The highest BCUT2D eigenvalue weighted by atomic mass is 16.2. The Hall–Kier alpha value is -2.40. The monoisotopic (exact) mass is 350 g/mol. The summed E-state index contributed by atoms with van der Waals surface area (Å²) in [4.78, 5) is 19.4. The van der Waals surface area contributed by atoms with Crippen molar-refractivity contribution < 1.29 is 4.79 Å². The lowest BCUT2D eigenvalue weighted by Gasteiger charge is -2.51. The normalized spacial score (nSPS) is 27.1. The van der Waals surface area contributed by atoms with Crippen LogP contribution in [0.4, 0.5) is 10.5 Å². The molecule has 5 heteroatoms. The summed E-state index contributed by atoms with van der Waals surface area (Å²) in [6, 6.07) is 12.4. The average Bonchev–Trinajstić information content (AvgIpc) is 2.67. The molecule has 0 unspecified atom stereocenters. The first-order valence-electron chi connectivity index (χ1n) is 9.46. The first-order chi connectivity index (χ1) is 12.7. The van der Waals surface area contributed by atoms with Gasteiger partial charge in [-0.2, -0.15) is 0 Å². The molecule has 2 bridgehead atoms. The number of fused-ring (bicyclic) bond motifs is 3. The maximum atomic E-state index is 12.6. The van der Waals surface area contributed by atoms with Gasteiger partial charge >= 0.3 is 6.03 Å². The molecule has 0 saturated carbocycles. The molecule has 136 valence electrons. The largest absolute Gasteiger partial charge is 0.333 e. The minimum absolute atomic E-state index is 0.108. The van der Waals surface area contributed by atoms with Gasteiger partial charge in [-0.25, -0.2) is 4.79 Å². The van der Waals surface area contributed by atoms with E-state index in [0.717, 1.165) is 25.2 Å². The van der Waals surface area contributed by atoms with Crippen molar-refractivity contribution in [1.29, 1.82) is 0 Å². The maximum Gasteiger partial charge on any atom is 0.319 e. The number of hydrogen-bond acceptors (Lipinski definition) is 3. The second kappa shape index (κ2) is 7.46. The molecule has 2 aromatic rings. The summed E-state index contributed by atoms with van der Waals surface area (Å²) in [6.45, 7) is 4.31. The maximum absolute atomic E-state index is 12.6. The number of carbonyl (C=O) groups is 1. The third-order valence-corrected chi connectivity index (χ3v) is 5.74. The molecular weight excluding hydrogens is 324 g/mol. The molecule has 0 aliphatic carbocycles. The second-order valence-electron chi connectivity index (χ2n) is 7.50. The van der Waals surface area contributed by atoms with Crippen molar-refractivity contribution in [3.8, 4) is 0 Å². The Balaban J connectivity index is 1.45. The number of piperidine rings is 3. The third kappa shape index (κ3) is 3.73. The molecule has 3 aliphatic rings. The predicted octanol–water partition coefficient (Wildman–Crippen LogP) is 3.22. The lowest BCUT2D eigenvalue weighted by molar-refractivity contribution is 0.0184. The lowest BCUT2D eigenvalue weighted by atomic mass is 9.77. The van der Waals surface area contributed by atoms with Crippen LogP contribution in [0.5, 0.6) is 0 Å². The molecule has 2 N–H and O–H groups in total. The fourth-order valence-electron chi connectivity index (χ4n) is 4.34. The SMILES string of the molecule is Cc1ccc(NC(=O)N[C@H]2C3CCN(CC3)[C@H]2Cc2cccnc2)cc1. The second-order valence-corrected chi connectivity index (χ2v) is 7.50. The third-order valence-electron chi connectivity index (χ3n) is 5.74. The predicted molar refractivity (Wildman–Crippen MR) is 103 cm³/mol. The molecule has 3 fully saturated rings. The molecule has 5 nitrogen and oxygen atoms in total. The highest BCUT2D eigenvalue weighted by molar-refractivity contribution is 5.89. The van der Waals surface area contributed by atoms with Gasteiger partial charge in [0, 0.05) is 30.2 Å². The first-order valence-corrected chi connectivity index (χ1v) is 9.46. The lowest BCUT2D eigenvalue weighted by Crippen LogP contribution is -2.64. The summed E-state index contributed by atoms with van der Waals surface area (Å²) in [5, 5.41) is 6.25. The van der Waals surface area contributed by atoms with Gasteiger partial charge in [0.05, 0.1) is 0 Å². The van der Waals surface area contributed by atoms with E-state index in [9.17, 15) is 4.79 Å². The van der Waals surface area contributed by atoms with Gasteiger partial charge in [0.15, 0.2) is 0 Å². The summed E-state index contributed by atoms with van der Waals surface area (Å²) in [6.07, 6.45) is 7.01. The van der Waals surface area contributed by atoms with Gasteiger partial charge in [0.1, 0.15) is 0 Å². The van der Waals surface area contributed by atoms with Crippen LogP contribution in [0.1, 0.15) is 24.0 Å². The van der Waals surface area contributed by atoms with E-state index in [1.165, 1.54) is 24.0 Å². The number of hydrogen-bond donors (Lipinski definition) is 2. The van der Waals surface area contributed by atoms with Crippen molar-refractivity contribution in [2.75, 3.05) is 18.4 Å². The van der Waals surface area contributed by atoms with Crippen molar-refractivity contribution >= 4 is 11.7 Å². The molecule has 2 atom stereocenters. The molecular formula is C21H26N4O. The molecule has 1 aromatic carbocycles. The van der Waals surface area contributed by atoms with Crippen molar-refractivity contribution in [2.45, 2.75) is 38.3 Å². The Morgan fingerprint density at radius 1 is 1.19 bits per heavy atom. The number of aryl methyl sites for hydroxylation is 1. The number of amides is 2. The fourth-order valence-corrected chi connectivity index (χ4v) is 4.34. The van der Waals surface area contributed by atoms with E-state index in [1.807, 2.05) is 49.6 Å². The van der Waals surface area contributed by atoms with Crippen LogP contribution < -0.4 is 10.6 Å².